The van der Waals surface area contributed by atoms with Crippen LogP contribution in [0.5, 0.6) is 0 Å². The van der Waals surface area contributed by atoms with Gasteiger partial charge in [-0.05, 0) is 192 Å². The van der Waals surface area contributed by atoms with Gasteiger partial charge in [-0.15, -0.1) is 0 Å². The van der Waals surface area contributed by atoms with Crippen LogP contribution in [0.1, 0.15) is 269 Å². The number of hydrogen-bond acceptors (Lipinski definition) is 12. The molecular weight excluding hydrogens is 1360 g/mol. The summed E-state index contributed by atoms with van der Waals surface area (Å²) in [4.78, 5) is 82.0. The summed E-state index contributed by atoms with van der Waals surface area (Å²) in [7, 11) is 0. The molecule has 110 heavy (non-hydrogen) atoms. The summed E-state index contributed by atoms with van der Waals surface area (Å²) in [5.41, 5.74) is 43.4. The van der Waals surface area contributed by atoms with Crippen LogP contribution in [0.2, 0.25) is 0 Å². The molecule has 10 N–H and O–H groups in total. The molecule has 6 aromatic rings. The minimum atomic E-state index is -0.415. The quantitative estimate of drug-likeness (QED) is 0.0225. The maximum atomic E-state index is 12.1. The lowest BCUT2D eigenvalue weighted by Crippen LogP contribution is -2.31. The number of Topliss-reactive ketones (excluding diaryl/α,β-unsaturated/α-hetero) is 7. The average molecular weight is 1510 g/mol. The highest BCUT2D eigenvalue weighted by Crippen LogP contribution is 2.20. The van der Waals surface area contributed by atoms with Gasteiger partial charge in [-0.3, -0.25) is 28.8 Å². The van der Waals surface area contributed by atoms with Gasteiger partial charge in [0, 0.05) is 50.9 Å². The summed E-state index contributed by atoms with van der Waals surface area (Å²) in [6, 6.07) is 48.4. The molecule has 0 bridgehead atoms. The molecule has 0 heterocycles. The highest BCUT2D eigenvalue weighted by molar-refractivity contribution is 5.88. The summed E-state index contributed by atoms with van der Waals surface area (Å²) in [6.45, 7) is 42.3. The van der Waals surface area contributed by atoms with Crippen LogP contribution in [0, 0.1) is 47.3 Å². The SMILES string of the molecule is CC(=O)CCCC[C@H](N)C(=O)Cc1ccc(CC(C)C)cc1.CC(C)Cc1ccc(CC(=O)[C@@H](C)C(C)C)cc1.CCC[C@H](N)C(=O)Cc1ccc(CC(C)C)cc1.CCC[C@H](N)C(=O)Cc1ccc(CC(C)C)cc1.CC[C@H](N)C(=O)Cc1ccc(CC(C)C)cc1.CC[C@H](N)C(=O)Cc1ccc(CC(C)C)cc1. The summed E-state index contributed by atoms with van der Waals surface area (Å²) >= 11 is 0. The van der Waals surface area contributed by atoms with E-state index in [1.807, 2.05) is 95.3 Å². The number of nitrogens with two attached hydrogens (primary N) is 5. The average Bonchev–Trinajstić information content (AvgIpc) is 0.921. The van der Waals surface area contributed by atoms with E-state index in [4.69, 9.17) is 28.7 Å². The lowest BCUT2D eigenvalue weighted by atomic mass is 9.90. The standard InChI is InChI=1S/C19H29NO2.C17H26O.2C16H25NO.2C15H23NO/c1-14(2)12-16-8-10-17(11-9-16)13-19(22)18(20)7-5-4-6-15(3)21;1-12(2)10-15-6-8-16(9-7-15)11-17(18)14(5)13(3)4;2*1-4-5-15(17)16(18)11-14-8-6-13(7-9-14)10-12(2)3;2*1-4-14(16)15(17)10-13-7-5-12(6-8-13)9-11(2)3/h8-11,14,18H,4-7,12-13,20H2,1-3H3;6-9,12-14H,10-11H2,1-5H3;2*6-9,12,15H,4-5,10-11,17H2,1-3H3;2*5-8,11,14H,4,9-10,16H2,1-3H3/t18-;14-;2*15-;2*14-/m000000/s1. The highest BCUT2D eigenvalue weighted by Gasteiger charge is 2.20. The largest absolute Gasteiger partial charge is 0.322 e. The third-order valence-corrected chi connectivity index (χ3v) is 19.2. The Morgan fingerprint density at radius 3 is 0.609 bits per heavy atom. The molecule has 6 rings (SSSR count). The van der Waals surface area contributed by atoms with Crippen LogP contribution in [-0.2, 0) is 111 Å². The van der Waals surface area contributed by atoms with Crippen molar-refractivity contribution in [1.82, 2.24) is 0 Å². The Morgan fingerprint density at radius 2 is 0.436 bits per heavy atom. The lowest BCUT2D eigenvalue weighted by Gasteiger charge is -2.14. The second-order valence-electron chi connectivity index (χ2n) is 33.8. The predicted octanol–water partition coefficient (Wildman–Crippen LogP) is 19.5. The zero-order chi connectivity index (χ0) is 83.0. The molecule has 0 aliphatic rings. The second-order valence-corrected chi connectivity index (χ2v) is 33.8. The summed E-state index contributed by atoms with van der Waals surface area (Å²) in [6.07, 6.45) is 17.1. The molecule has 0 radical (unpaired) electrons. The Balaban J connectivity index is 0.000000661. The van der Waals surface area contributed by atoms with Crippen LogP contribution in [0.3, 0.4) is 0 Å². The maximum Gasteiger partial charge on any atom is 0.153 e. The first-order chi connectivity index (χ1) is 51.9. The molecule has 610 valence electrons. The van der Waals surface area contributed by atoms with E-state index in [0.29, 0.717) is 111 Å². The molecule has 12 heteroatoms. The van der Waals surface area contributed by atoms with Crippen LogP contribution >= 0.6 is 0 Å². The molecule has 6 atom stereocenters. The molecular formula is C98H151N5O7. The zero-order valence-corrected chi connectivity index (χ0v) is 72.2. The molecule has 0 aliphatic heterocycles. The number of carbonyl (C=O) groups is 7. The fraction of sp³-hybridized carbons (Fsp3) is 0.561. The van der Waals surface area contributed by atoms with Gasteiger partial charge in [0.1, 0.15) is 11.6 Å². The van der Waals surface area contributed by atoms with Crippen molar-refractivity contribution in [2.75, 3.05) is 0 Å². The van der Waals surface area contributed by atoms with Crippen molar-refractivity contribution in [2.24, 2.45) is 76.0 Å². The van der Waals surface area contributed by atoms with Crippen molar-refractivity contribution >= 4 is 40.5 Å². The maximum absolute atomic E-state index is 12.1. The monoisotopic (exact) mass is 1510 g/mol. The van der Waals surface area contributed by atoms with Crippen molar-refractivity contribution in [3.05, 3.63) is 212 Å². The van der Waals surface area contributed by atoms with E-state index in [0.717, 1.165) is 110 Å². The number of benzene rings is 6. The Kier molecular flexibility index (Phi) is 52.2. The smallest absolute Gasteiger partial charge is 0.153 e. The fourth-order valence-electron chi connectivity index (χ4n) is 12.3. The van der Waals surface area contributed by atoms with E-state index in [2.05, 4.69) is 182 Å². The molecule has 0 aromatic heterocycles. The minimum Gasteiger partial charge on any atom is -0.322 e. The molecule has 0 unspecified atom stereocenters. The molecule has 12 nitrogen and oxygen atoms in total. The fourth-order valence-corrected chi connectivity index (χ4v) is 12.3. The molecule has 0 saturated heterocycles. The first kappa shape index (κ1) is 101. The van der Waals surface area contributed by atoms with E-state index < -0.39 is 6.04 Å². The van der Waals surface area contributed by atoms with Gasteiger partial charge in [0.05, 0.1) is 30.2 Å². The van der Waals surface area contributed by atoms with Gasteiger partial charge in [-0.25, -0.2) is 0 Å². The zero-order valence-electron chi connectivity index (χ0n) is 72.2. The Bertz CT molecular complexity index is 3350. The minimum absolute atomic E-state index is 0.0828. The first-order valence-corrected chi connectivity index (χ1v) is 41.8. The van der Waals surface area contributed by atoms with E-state index in [9.17, 15) is 33.6 Å². The number of rotatable bonds is 42. The molecule has 0 amide bonds. The van der Waals surface area contributed by atoms with Gasteiger partial charge in [-0.2, -0.15) is 0 Å². The van der Waals surface area contributed by atoms with Gasteiger partial charge in [-0.1, -0.05) is 296 Å². The normalized spacial score (nSPS) is 12.7. The lowest BCUT2D eigenvalue weighted by molar-refractivity contribution is -0.123. The van der Waals surface area contributed by atoms with Crippen molar-refractivity contribution in [2.45, 2.75) is 310 Å². The van der Waals surface area contributed by atoms with E-state index in [1.165, 1.54) is 33.4 Å². The Hall–Kier alpha value is -7.19. The molecule has 0 fully saturated rings. The van der Waals surface area contributed by atoms with E-state index >= 15 is 0 Å². The van der Waals surface area contributed by atoms with Gasteiger partial charge >= 0.3 is 0 Å². The molecule has 6 aromatic carbocycles. The number of carbonyl (C=O) groups excluding carboxylic acids is 7. The van der Waals surface area contributed by atoms with Crippen molar-refractivity contribution < 1.29 is 33.6 Å². The van der Waals surface area contributed by atoms with Gasteiger partial charge in [0.2, 0.25) is 0 Å². The van der Waals surface area contributed by atoms with E-state index in [1.54, 1.807) is 6.92 Å². The predicted molar refractivity (Wildman–Crippen MR) is 466 cm³/mol. The summed E-state index contributed by atoms with van der Waals surface area (Å²) < 4.78 is 0. The van der Waals surface area contributed by atoms with Gasteiger partial charge in [0.15, 0.2) is 28.9 Å². The van der Waals surface area contributed by atoms with Crippen LogP contribution in [0.4, 0.5) is 0 Å². The van der Waals surface area contributed by atoms with Crippen molar-refractivity contribution in [3.8, 4) is 0 Å². The van der Waals surface area contributed by atoms with Crippen LogP contribution in [-0.4, -0.2) is 70.7 Å². The summed E-state index contributed by atoms with van der Waals surface area (Å²) in [5.74, 6) is 5.72. The van der Waals surface area contributed by atoms with Crippen molar-refractivity contribution in [3.63, 3.8) is 0 Å². The Morgan fingerprint density at radius 1 is 0.255 bits per heavy atom. The number of unbranched alkanes of at least 4 members (excludes halogenated alkanes) is 1. The van der Waals surface area contributed by atoms with Crippen molar-refractivity contribution in [1.29, 1.82) is 0 Å². The summed E-state index contributed by atoms with van der Waals surface area (Å²) in [5, 5.41) is 0. The Labute approximate surface area is 668 Å². The third kappa shape index (κ3) is 47.2. The van der Waals surface area contributed by atoms with Gasteiger partial charge < -0.3 is 33.5 Å². The van der Waals surface area contributed by atoms with Crippen LogP contribution in [0.25, 0.3) is 0 Å². The van der Waals surface area contributed by atoms with Gasteiger partial charge in [0.25, 0.3) is 0 Å². The highest BCUT2D eigenvalue weighted by atomic mass is 16.2. The number of ketones is 7. The molecule has 0 aliphatic carbocycles. The molecule has 0 spiro atoms. The van der Waals surface area contributed by atoms with Crippen LogP contribution < -0.4 is 28.7 Å². The third-order valence-electron chi connectivity index (χ3n) is 19.2. The second kappa shape index (κ2) is 56.9. The van der Waals surface area contributed by atoms with E-state index in [-0.39, 0.29) is 64.8 Å². The van der Waals surface area contributed by atoms with Crippen LogP contribution in [0.15, 0.2) is 146 Å². The topological polar surface area (TPSA) is 250 Å². The number of hydrogen-bond donors (Lipinski definition) is 5. The molecule has 0 saturated carbocycles. The first-order valence-electron chi connectivity index (χ1n) is 41.8.